The molecule has 1 radical (unpaired) electrons. The van der Waals surface area contributed by atoms with Gasteiger partial charge in [-0.2, -0.15) is 0 Å². The third kappa shape index (κ3) is 87.3. The molecule has 6 heteroatoms. The van der Waals surface area contributed by atoms with Gasteiger partial charge in [-0.15, -0.1) is 0 Å². The summed E-state index contributed by atoms with van der Waals surface area (Å²) in [5.41, 5.74) is 0. The molecule has 0 aromatic rings. The number of ether oxygens (including phenoxy) is 2. The first-order valence-electron chi connectivity index (χ1n) is 1.63. The van der Waals surface area contributed by atoms with Crippen molar-refractivity contribution >= 4 is 12.9 Å². The molecule has 0 fully saturated rings. The summed E-state index contributed by atoms with van der Waals surface area (Å²) in [4.78, 5) is 17.7. The molecule has 0 saturated carbocycles. The normalized spacial score (nSPS) is 4.20. The molecule has 0 spiro atoms. The Balaban J connectivity index is -0.0000000300. The largest absolute Gasteiger partial charge is 2.00 e. The van der Waals surface area contributed by atoms with E-state index in [0.717, 1.165) is 0 Å². The van der Waals surface area contributed by atoms with Crippen LogP contribution in [0.15, 0.2) is 0 Å². The zero-order valence-electron chi connectivity index (χ0n) is 5.49. The fourth-order valence-electron chi connectivity index (χ4n) is 0. The topological polar surface area (TPSA) is 52.6 Å². The van der Waals surface area contributed by atoms with E-state index in [1.54, 1.807) is 0 Å². The Labute approximate surface area is 85.8 Å². The van der Waals surface area contributed by atoms with Crippen molar-refractivity contribution in [1.29, 1.82) is 0 Å². The van der Waals surface area contributed by atoms with Gasteiger partial charge < -0.3 is 19.1 Å². The minimum absolute atomic E-state index is 0. The van der Waals surface area contributed by atoms with E-state index in [9.17, 15) is 0 Å². The molecule has 0 aromatic heterocycles. The van der Waals surface area contributed by atoms with Crippen LogP contribution in [0.4, 0.5) is 0 Å². The van der Waals surface area contributed by atoms with E-state index in [0.29, 0.717) is 0 Å². The van der Waals surface area contributed by atoms with Crippen LogP contribution in [0.3, 0.4) is 0 Å². The predicted octanol–water partition coefficient (Wildman–Crippen LogP) is -0.605. The summed E-state index contributed by atoms with van der Waals surface area (Å²) in [6.45, 7) is 2.36. The molecule has 0 amide bonds. The van der Waals surface area contributed by atoms with Gasteiger partial charge in [0.2, 0.25) is 0 Å². The first kappa shape index (κ1) is 22.5. The van der Waals surface area contributed by atoms with Crippen molar-refractivity contribution in [3.05, 3.63) is 0 Å². The van der Waals surface area contributed by atoms with Crippen LogP contribution in [0.1, 0.15) is 0 Å². The molecule has 10 heavy (non-hydrogen) atoms. The second-order valence-electron chi connectivity index (χ2n) is 0.575. The third-order valence-electron chi connectivity index (χ3n) is 0.167. The summed E-state index contributed by atoms with van der Waals surface area (Å²) in [5, 5.41) is 0. The Morgan fingerprint density at radius 3 is 1.10 bits per heavy atom. The van der Waals surface area contributed by atoms with Crippen LogP contribution in [0.5, 0.6) is 0 Å². The summed E-state index contributed by atoms with van der Waals surface area (Å²) in [6, 6.07) is 0. The van der Waals surface area contributed by atoms with Crippen LogP contribution in [-0.2, 0) is 58.7 Å². The van der Waals surface area contributed by atoms with Crippen molar-refractivity contribution in [1.82, 2.24) is 0 Å². The van der Waals surface area contributed by atoms with Gasteiger partial charge in [0.1, 0.15) is 0 Å². The molecule has 0 aliphatic rings. The van der Waals surface area contributed by atoms with Crippen LogP contribution in [0.25, 0.3) is 0 Å². The summed E-state index contributed by atoms with van der Waals surface area (Å²) < 4.78 is 7.47. The minimum Gasteiger partial charge on any atom is -0.655 e. The maximum atomic E-state index is 8.83. The van der Waals surface area contributed by atoms with Gasteiger partial charge in [-0.05, 0) is 0 Å². The molecule has 0 aliphatic carbocycles. The molecule has 0 atom stereocenters. The van der Waals surface area contributed by atoms with E-state index in [-0.39, 0.29) is 39.6 Å². The van der Waals surface area contributed by atoms with Crippen LogP contribution in [0.2, 0.25) is 0 Å². The SMILES string of the molecule is CO[C-]=O.CO[C-]=O.[V].[W+2]. The molecular weight excluding hydrogens is 347 g/mol. The molecule has 0 saturated heterocycles. The van der Waals surface area contributed by atoms with Crippen molar-refractivity contribution in [2.24, 2.45) is 0 Å². The van der Waals surface area contributed by atoms with Crippen LogP contribution in [0, 0.1) is 0 Å². The zero-order valence-corrected chi connectivity index (χ0v) is 9.82. The molecule has 0 aliphatic heterocycles. The van der Waals surface area contributed by atoms with Crippen molar-refractivity contribution in [2.45, 2.75) is 0 Å². The molecule has 0 rings (SSSR count). The van der Waals surface area contributed by atoms with Crippen LogP contribution >= 0.6 is 0 Å². The second-order valence-corrected chi connectivity index (χ2v) is 0.575. The average Bonchev–Trinajstić information content (AvgIpc) is 1.88. The van der Waals surface area contributed by atoms with Gasteiger partial charge in [-0.25, -0.2) is 0 Å². The van der Waals surface area contributed by atoms with Crippen molar-refractivity contribution < 1.29 is 58.7 Å². The van der Waals surface area contributed by atoms with Crippen molar-refractivity contribution in [2.75, 3.05) is 14.2 Å². The van der Waals surface area contributed by atoms with Gasteiger partial charge in [-0.3, -0.25) is 0 Å². The molecular formula is C4H6O4VW. The third-order valence-corrected chi connectivity index (χ3v) is 0.167. The minimum atomic E-state index is 0. The Morgan fingerprint density at radius 1 is 1.00 bits per heavy atom. The van der Waals surface area contributed by atoms with Crippen molar-refractivity contribution in [3.8, 4) is 0 Å². The van der Waals surface area contributed by atoms with Gasteiger partial charge in [0.15, 0.2) is 0 Å². The van der Waals surface area contributed by atoms with E-state index in [1.165, 1.54) is 27.2 Å². The van der Waals surface area contributed by atoms with Crippen LogP contribution in [-0.4, -0.2) is 27.2 Å². The van der Waals surface area contributed by atoms with Gasteiger partial charge in [0.25, 0.3) is 0 Å². The second kappa shape index (κ2) is 35.0. The summed E-state index contributed by atoms with van der Waals surface area (Å²) in [6.07, 6.45) is 0. The smallest absolute Gasteiger partial charge is 0.655 e. The number of rotatable bonds is 2. The molecule has 0 bridgehead atoms. The number of hydrogen-bond donors (Lipinski definition) is 0. The standard InChI is InChI=1S/2C2H3O2.V.W/c2*1-4-2-3;;/h2*1H3;;/q2*-1;;+2. The monoisotopic (exact) mass is 353 g/mol. The fraction of sp³-hybridized carbons (Fsp3) is 0.500. The molecule has 57 valence electrons. The molecule has 0 unspecified atom stereocenters. The molecule has 0 N–H and O–H groups in total. The van der Waals surface area contributed by atoms with Gasteiger partial charge in [0, 0.05) is 32.8 Å². The maximum Gasteiger partial charge on any atom is 2.00 e. The molecule has 0 aromatic carbocycles. The van der Waals surface area contributed by atoms with E-state index < -0.39 is 0 Å². The van der Waals surface area contributed by atoms with Gasteiger partial charge in [-0.1, -0.05) is 12.9 Å². The van der Waals surface area contributed by atoms with Gasteiger partial charge >= 0.3 is 21.1 Å². The Bertz CT molecular complexity index is 53.2. The quantitative estimate of drug-likeness (QED) is 0.623. The Hall–Kier alpha value is 0.213. The summed E-state index contributed by atoms with van der Waals surface area (Å²) >= 11 is 0. The zero-order chi connectivity index (χ0) is 6.83. The van der Waals surface area contributed by atoms with E-state index >= 15 is 0 Å². The first-order valence-corrected chi connectivity index (χ1v) is 1.63. The number of hydrogen-bond acceptors (Lipinski definition) is 4. The molecule has 4 nitrogen and oxygen atoms in total. The summed E-state index contributed by atoms with van der Waals surface area (Å²) in [5.74, 6) is 0. The first-order chi connectivity index (χ1) is 3.83. The molecule has 0 heterocycles. The van der Waals surface area contributed by atoms with Gasteiger partial charge in [0.05, 0.1) is 0 Å². The Morgan fingerprint density at radius 2 is 1.10 bits per heavy atom. The van der Waals surface area contributed by atoms with E-state index in [4.69, 9.17) is 9.59 Å². The Kier molecular flexibility index (Phi) is 78.6. The van der Waals surface area contributed by atoms with Crippen LogP contribution < -0.4 is 0 Å². The number of carbonyl (C=O) groups excluding carboxylic acids is 2. The fourth-order valence-corrected chi connectivity index (χ4v) is 0. The van der Waals surface area contributed by atoms with E-state index in [2.05, 4.69) is 9.47 Å². The average molecular weight is 353 g/mol. The summed E-state index contributed by atoms with van der Waals surface area (Å²) in [7, 11) is 2.51. The van der Waals surface area contributed by atoms with E-state index in [1.807, 2.05) is 0 Å². The maximum absolute atomic E-state index is 8.83. The number of methoxy groups -OCH3 is 2. The van der Waals surface area contributed by atoms with Crippen molar-refractivity contribution in [3.63, 3.8) is 0 Å². The predicted molar refractivity (Wildman–Crippen MR) is 25.4 cm³/mol.